The van der Waals surface area contributed by atoms with Crippen LogP contribution in [-0.2, 0) is 19.0 Å². The van der Waals surface area contributed by atoms with E-state index in [0.29, 0.717) is 32.5 Å². The van der Waals surface area contributed by atoms with Gasteiger partial charge in [-0.2, -0.15) is 0 Å². The second-order valence-corrected chi connectivity index (χ2v) is 7.32. The van der Waals surface area contributed by atoms with E-state index in [0.717, 1.165) is 12.8 Å². The highest BCUT2D eigenvalue weighted by molar-refractivity contribution is 5.68. The molecule has 7 heteroatoms. The molecule has 0 aromatic carbocycles. The SMILES string of the molecule is CC(C)(C)OC(=O)N1CCC2(CC1)CC(OCC(=O)O)CCO2. The van der Waals surface area contributed by atoms with Gasteiger partial charge in [0.25, 0.3) is 0 Å². The highest BCUT2D eigenvalue weighted by Crippen LogP contribution is 2.36. The van der Waals surface area contributed by atoms with Crippen molar-refractivity contribution in [1.29, 1.82) is 0 Å². The summed E-state index contributed by atoms with van der Waals surface area (Å²) in [5.41, 5.74) is -0.802. The standard InChI is InChI=1S/C16H27NO6/c1-15(2,3)23-14(20)17-7-5-16(6-8-17)10-12(4-9-22-16)21-11-13(18)19/h12H,4-11H2,1-3H3,(H,18,19). The van der Waals surface area contributed by atoms with Crippen LogP contribution in [0.15, 0.2) is 0 Å². The molecule has 1 amide bonds. The van der Waals surface area contributed by atoms with Crippen molar-refractivity contribution in [2.75, 3.05) is 26.3 Å². The van der Waals surface area contributed by atoms with Gasteiger partial charge in [0.2, 0.25) is 0 Å². The molecule has 2 rings (SSSR count). The Morgan fingerprint density at radius 2 is 1.96 bits per heavy atom. The van der Waals surface area contributed by atoms with Crippen LogP contribution in [0.5, 0.6) is 0 Å². The Balaban J connectivity index is 1.84. The van der Waals surface area contributed by atoms with Crippen molar-refractivity contribution in [2.45, 2.75) is 63.8 Å². The summed E-state index contributed by atoms with van der Waals surface area (Å²) in [5, 5.41) is 8.72. The molecule has 2 aliphatic rings. The first kappa shape index (κ1) is 18.0. The Bertz CT molecular complexity index is 436. The zero-order chi connectivity index (χ0) is 17.1. The molecule has 1 atom stereocenters. The molecule has 1 unspecified atom stereocenters. The Kier molecular flexibility index (Phi) is 5.52. The van der Waals surface area contributed by atoms with Crippen molar-refractivity contribution < 1.29 is 28.9 Å². The maximum Gasteiger partial charge on any atom is 0.410 e. The van der Waals surface area contributed by atoms with Gasteiger partial charge in [0.05, 0.1) is 11.7 Å². The fourth-order valence-corrected chi connectivity index (χ4v) is 3.09. The summed E-state index contributed by atoms with van der Waals surface area (Å²) < 4.78 is 16.8. The minimum Gasteiger partial charge on any atom is -0.480 e. The van der Waals surface area contributed by atoms with Gasteiger partial charge in [-0.25, -0.2) is 9.59 Å². The van der Waals surface area contributed by atoms with Crippen LogP contribution in [0.25, 0.3) is 0 Å². The fourth-order valence-electron chi connectivity index (χ4n) is 3.09. The smallest absolute Gasteiger partial charge is 0.410 e. The van der Waals surface area contributed by atoms with Crippen molar-refractivity contribution in [2.24, 2.45) is 0 Å². The normalized spacial score (nSPS) is 24.5. The van der Waals surface area contributed by atoms with Crippen LogP contribution in [0, 0.1) is 0 Å². The van der Waals surface area contributed by atoms with E-state index in [1.54, 1.807) is 4.90 Å². The molecule has 132 valence electrons. The average Bonchev–Trinajstić information content (AvgIpc) is 2.44. The zero-order valence-electron chi connectivity index (χ0n) is 14.2. The highest BCUT2D eigenvalue weighted by atomic mass is 16.6. The van der Waals surface area contributed by atoms with Gasteiger partial charge in [-0.3, -0.25) is 0 Å². The molecule has 2 saturated heterocycles. The summed E-state index contributed by atoms with van der Waals surface area (Å²) >= 11 is 0. The van der Waals surface area contributed by atoms with Gasteiger partial charge in [0, 0.05) is 26.1 Å². The van der Waals surface area contributed by atoms with Crippen molar-refractivity contribution in [3.63, 3.8) is 0 Å². The van der Waals surface area contributed by atoms with E-state index < -0.39 is 11.6 Å². The van der Waals surface area contributed by atoms with E-state index in [2.05, 4.69) is 0 Å². The minimum atomic E-state index is -0.953. The molecule has 0 aromatic heterocycles. The number of hydrogen-bond donors (Lipinski definition) is 1. The van der Waals surface area contributed by atoms with Gasteiger partial charge in [-0.15, -0.1) is 0 Å². The summed E-state index contributed by atoms with van der Waals surface area (Å²) in [7, 11) is 0. The average molecular weight is 329 g/mol. The van der Waals surface area contributed by atoms with Gasteiger partial charge >= 0.3 is 12.1 Å². The van der Waals surface area contributed by atoms with Crippen LogP contribution >= 0.6 is 0 Å². The number of amides is 1. The Labute approximate surface area is 136 Å². The van der Waals surface area contributed by atoms with Gasteiger partial charge < -0.3 is 24.2 Å². The third kappa shape index (κ3) is 5.35. The summed E-state index contributed by atoms with van der Waals surface area (Å²) in [5.74, 6) is -0.953. The maximum absolute atomic E-state index is 12.1. The molecule has 2 aliphatic heterocycles. The Hall–Kier alpha value is -1.34. The largest absolute Gasteiger partial charge is 0.480 e. The van der Waals surface area contributed by atoms with Gasteiger partial charge in [-0.05, 0) is 40.0 Å². The molecule has 0 aromatic rings. The van der Waals surface area contributed by atoms with Crippen LogP contribution in [0.1, 0.15) is 46.5 Å². The number of carbonyl (C=O) groups is 2. The predicted molar refractivity (Wildman–Crippen MR) is 82.3 cm³/mol. The number of ether oxygens (including phenoxy) is 3. The van der Waals surface area contributed by atoms with E-state index in [4.69, 9.17) is 19.3 Å². The molecular formula is C16H27NO6. The number of carboxylic acid groups (broad SMARTS) is 1. The van der Waals surface area contributed by atoms with E-state index in [1.165, 1.54) is 0 Å². The topological polar surface area (TPSA) is 85.3 Å². The summed E-state index contributed by atoms with van der Waals surface area (Å²) in [4.78, 5) is 24.4. The van der Waals surface area contributed by atoms with E-state index in [9.17, 15) is 9.59 Å². The van der Waals surface area contributed by atoms with Crippen LogP contribution in [0.3, 0.4) is 0 Å². The lowest BCUT2D eigenvalue weighted by atomic mass is 9.83. The first-order chi connectivity index (χ1) is 10.7. The maximum atomic E-state index is 12.1. The number of nitrogens with zero attached hydrogens (tertiary/aromatic N) is 1. The Morgan fingerprint density at radius 3 is 2.52 bits per heavy atom. The molecule has 0 saturated carbocycles. The number of carbonyl (C=O) groups excluding carboxylic acids is 1. The lowest BCUT2D eigenvalue weighted by Gasteiger charge is -2.45. The molecule has 0 aliphatic carbocycles. The zero-order valence-corrected chi connectivity index (χ0v) is 14.2. The fraction of sp³-hybridized carbons (Fsp3) is 0.875. The molecule has 7 nitrogen and oxygen atoms in total. The van der Waals surface area contributed by atoms with Gasteiger partial charge in [-0.1, -0.05) is 0 Å². The minimum absolute atomic E-state index is 0.0899. The lowest BCUT2D eigenvalue weighted by Crippen LogP contribution is -2.52. The van der Waals surface area contributed by atoms with Crippen LogP contribution in [0.4, 0.5) is 4.79 Å². The third-order valence-corrected chi connectivity index (χ3v) is 4.22. The van der Waals surface area contributed by atoms with E-state index >= 15 is 0 Å². The molecule has 1 spiro atoms. The van der Waals surface area contributed by atoms with E-state index in [-0.39, 0.29) is 24.4 Å². The highest BCUT2D eigenvalue weighted by Gasteiger charge is 2.42. The first-order valence-corrected chi connectivity index (χ1v) is 8.14. The molecule has 2 fully saturated rings. The van der Waals surface area contributed by atoms with Crippen molar-refractivity contribution in [3.05, 3.63) is 0 Å². The van der Waals surface area contributed by atoms with E-state index in [1.807, 2.05) is 20.8 Å². The lowest BCUT2D eigenvalue weighted by molar-refractivity contribution is -0.165. The predicted octanol–water partition coefficient (Wildman–Crippen LogP) is 2.04. The second-order valence-electron chi connectivity index (χ2n) is 7.32. The van der Waals surface area contributed by atoms with Crippen molar-refractivity contribution in [1.82, 2.24) is 4.90 Å². The quantitative estimate of drug-likeness (QED) is 0.853. The molecule has 1 N–H and O–H groups in total. The van der Waals surface area contributed by atoms with Gasteiger partial charge in [0.1, 0.15) is 12.2 Å². The van der Waals surface area contributed by atoms with Crippen LogP contribution in [0.2, 0.25) is 0 Å². The number of aliphatic carboxylic acids is 1. The van der Waals surface area contributed by atoms with Crippen molar-refractivity contribution >= 4 is 12.1 Å². The molecule has 0 bridgehead atoms. The number of hydrogen-bond acceptors (Lipinski definition) is 5. The second kappa shape index (κ2) is 7.05. The molecule has 23 heavy (non-hydrogen) atoms. The third-order valence-electron chi connectivity index (χ3n) is 4.22. The number of likely N-dealkylation sites (tertiary alicyclic amines) is 1. The molecular weight excluding hydrogens is 302 g/mol. The van der Waals surface area contributed by atoms with Crippen molar-refractivity contribution in [3.8, 4) is 0 Å². The molecule has 2 heterocycles. The summed E-state index contributed by atoms with van der Waals surface area (Å²) in [6.07, 6.45) is 2.46. The van der Waals surface area contributed by atoms with Crippen LogP contribution in [-0.4, -0.2) is 65.7 Å². The summed E-state index contributed by atoms with van der Waals surface area (Å²) in [6, 6.07) is 0. The molecule has 0 radical (unpaired) electrons. The number of carboxylic acids is 1. The van der Waals surface area contributed by atoms with Crippen LogP contribution < -0.4 is 0 Å². The first-order valence-electron chi connectivity index (χ1n) is 8.14. The summed E-state index contributed by atoms with van der Waals surface area (Å²) in [6.45, 7) is 7.02. The number of rotatable bonds is 3. The van der Waals surface area contributed by atoms with Gasteiger partial charge in [0.15, 0.2) is 0 Å². The number of piperidine rings is 1. The monoisotopic (exact) mass is 329 g/mol. The Morgan fingerprint density at radius 1 is 1.30 bits per heavy atom.